The number of anilines is 2. The molecule has 1 aliphatic rings. The average Bonchev–Trinajstić information content (AvgIpc) is 2.58. The first-order chi connectivity index (χ1) is 11.8. The molecule has 2 amide bonds. The van der Waals surface area contributed by atoms with Crippen LogP contribution in [0.2, 0.25) is 5.02 Å². The van der Waals surface area contributed by atoms with Crippen molar-refractivity contribution in [3.05, 3.63) is 47.0 Å². The zero-order chi connectivity index (χ0) is 18.2. The summed E-state index contributed by atoms with van der Waals surface area (Å²) in [6.07, 6.45) is 0. The molecule has 0 aliphatic carbocycles. The molecule has 7 heteroatoms. The van der Waals surface area contributed by atoms with Crippen molar-refractivity contribution in [2.75, 3.05) is 17.7 Å². The maximum absolute atomic E-state index is 12.7. The number of hydrogen-bond acceptors (Lipinski definition) is 4. The average molecular weight is 361 g/mol. The Morgan fingerprint density at radius 2 is 2.04 bits per heavy atom. The van der Waals surface area contributed by atoms with E-state index in [-0.39, 0.29) is 0 Å². The highest BCUT2D eigenvalue weighted by Crippen LogP contribution is 2.35. The standard InChI is InChI=1S/C18H17ClN2O4/c1-10-4-7-15-14(8-10)21-17(23)18(2,25-15)16(22)20-13-9-11(24-3)5-6-12(13)19/h4-9H,1-3H3,(H,20,22)(H,21,23). The predicted octanol–water partition coefficient (Wildman–Crippen LogP) is 3.39. The number of ether oxygens (including phenoxy) is 2. The lowest BCUT2D eigenvalue weighted by Crippen LogP contribution is -2.56. The molecule has 0 fully saturated rings. The van der Waals surface area contributed by atoms with Crippen molar-refractivity contribution in [1.29, 1.82) is 0 Å². The summed E-state index contributed by atoms with van der Waals surface area (Å²) in [7, 11) is 1.51. The largest absolute Gasteiger partial charge is 0.497 e. The molecular formula is C18H17ClN2O4. The number of amides is 2. The van der Waals surface area contributed by atoms with E-state index >= 15 is 0 Å². The lowest BCUT2D eigenvalue weighted by Gasteiger charge is -2.33. The number of carbonyl (C=O) groups excluding carboxylic acids is 2. The van der Waals surface area contributed by atoms with Crippen molar-refractivity contribution in [2.24, 2.45) is 0 Å². The van der Waals surface area contributed by atoms with Crippen LogP contribution in [-0.4, -0.2) is 24.5 Å². The molecule has 3 rings (SSSR count). The molecule has 0 saturated carbocycles. The first kappa shape index (κ1) is 17.1. The third kappa shape index (κ3) is 3.13. The van der Waals surface area contributed by atoms with E-state index in [1.54, 1.807) is 30.3 Å². The van der Waals surface area contributed by atoms with E-state index in [2.05, 4.69) is 10.6 Å². The minimum Gasteiger partial charge on any atom is -0.497 e. The van der Waals surface area contributed by atoms with Crippen molar-refractivity contribution in [3.63, 3.8) is 0 Å². The van der Waals surface area contributed by atoms with Crippen molar-refractivity contribution in [1.82, 2.24) is 0 Å². The van der Waals surface area contributed by atoms with Gasteiger partial charge in [-0.05, 0) is 43.7 Å². The summed E-state index contributed by atoms with van der Waals surface area (Å²) in [5.41, 5.74) is 0.112. The second kappa shape index (κ2) is 6.29. The number of nitrogens with one attached hydrogen (secondary N) is 2. The van der Waals surface area contributed by atoms with Crippen LogP contribution in [-0.2, 0) is 9.59 Å². The van der Waals surface area contributed by atoms with E-state index < -0.39 is 17.4 Å². The molecule has 1 heterocycles. The molecule has 0 saturated heterocycles. The van der Waals surface area contributed by atoms with Crippen LogP contribution in [0.15, 0.2) is 36.4 Å². The number of methoxy groups -OCH3 is 1. The van der Waals surface area contributed by atoms with Gasteiger partial charge < -0.3 is 20.1 Å². The number of halogens is 1. The number of benzene rings is 2. The second-order valence-electron chi connectivity index (χ2n) is 5.89. The van der Waals surface area contributed by atoms with E-state index in [0.29, 0.717) is 27.9 Å². The fourth-order valence-electron chi connectivity index (χ4n) is 2.46. The van der Waals surface area contributed by atoms with Gasteiger partial charge in [-0.1, -0.05) is 17.7 Å². The van der Waals surface area contributed by atoms with Crippen molar-refractivity contribution in [3.8, 4) is 11.5 Å². The second-order valence-corrected chi connectivity index (χ2v) is 6.30. The topological polar surface area (TPSA) is 76.7 Å². The van der Waals surface area contributed by atoms with Gasteiger partial charge in [0.1, 0.15) is 11.5 Å². The summed E-state index contributed by atoms with van der Waals surface area (Å²) in [5.74, 6) is -0.229. The van der Waals surface area contributed by atoms with E-state index in [1.807, 2.05) is 13.0 Å². The molecule has 1 aliphatic heterocycles. The number of aryl methyl sites for hydroxylation is 1. The highest BCUT2D eigenvalue weighted by atomic mass is 35.5. The minimum atomic E-state index is -1.73. The molecule has 0 aromatic heterocycles. The molecule has 0 bridgehead atoms. The number of carbonyl (C=O) groups is 2. The molecule has 1 unspecified atom stereocenters. The zero-order valence-electron chi connectivity index (χ0n) is 14.0. The van der Waals surface area contributed by atoms with E-state index in [4.69, 9.17) is 21.1 Å². The van der Waals surface area contributed by atoms with Gasteiger partial charge in [0, 0.05) is 6.07 Å². The lowest BCUT2D eigenvalue weighted by atomic mass is 10.0. The van der Waals surface area contributed by atoms with Gasteiger partial charge in [0.2, 0.25) is 0 Å². The number of hydrogen-bond donors (Lipinski definition) is 2. The SMILES string of the molecule is COc1ccc(Cl)c(NC(=O)C2(C)Oc3ccc(C)cc3NC2=O)c1. The Morgan fingerprint density at radius 3 is 2.76 bits per heavy atom. The summed E-state index contributed by atoms with van der Waals surface area (Å²) in [4.78, 5) is 25.2. The highest BCUT2D eigenvalue weighted by Gasteiger charge is 2.47. The molecule has 130 valence electrons. The summed E-state index contributed by atoms with van der Waals surface area (Å²) < 4.78 is 10.8. The van der Waals surface area contributed by atoms with Crippen LogP contribution in [0.4, 0.5) is 11.4 Å². The monoisotopic (exact) mass is 360 g/mol. The summed E-state index contributed by atoms with van der Waals surface area (Å²) >= 11 is 6.10. The van der Waals surface area contributed by atoms with Gasteiger partial charge in [-0.25, -0.2) is 0 Å². The normalized spacial score (nSPS) is 18.6. The fourth-order valence-corrected chi connectivity index (χ4v) is 2.62. The van der Waals surface area contributed by atoms with Crippen molar-refractivity contribution < 1.29 is 19.1 Å². The molecule has 1 atom stereocenters. The van der Waals surface area contributed by atoms with Crippen molar-refractivity contribution in [2.45, 2.75) is 19.4 Å². The number of fused-ring (bicyclic) bond motifs is 1. The van der Waals surface area contributed by atoms with Gasteiger partial charge in [0.15, 0.2) is 0 Å². The third-order valence-corrected chi connectivity index (χ3v) is 4.32. The molecule has 0 spiro atoms. The maximum Gasteiger partial charge on any atom is 0.278 e. The molecule has 0 radical (unpaired) electrons. The van der Waals surface area contributed by atoms with Gasteiger partial charge in [0.05, 0.1) is 23.5 Å². The third-order valence-electron chi connectivity index (χ3n) is 3.99. The van der Waals surface area contributed by atoms with Crippen LogP contribution in [0.5, 0.6) is 11.5 Å². The molecule has 2 aromatic rings. The van der Waals surface area contributed by atoms with Crippen LogP contribution in [0, 0.1) is 6.92 Å². The molecule has 25 heavy (non-hydrogen) atoms. The van der Waals surface area contributed by atoms with Gasteiger partial charge in [0.25, 0.3) is 17.4 Å². The zero-order valence-corrected chi connectivity index (χ0v) is 14.7. The Morgan fingerprint density at radius 1 is 1.28 bits per heavy atom. The smallest absolute Gasteiger partial charge is 0.278 e. The molecule has 2 N–H and O–H groups in total. The number of rotatable bonds is 3. The van der Waals surface area contributed by atoms with Crippen LogP contribution >= 0.6 is 11.6 Å². The van der Waals surface area contributed by atoms with E-state index in [9.17, 15) is 9.59 Å². The van der Waals surface area contributed by atoms with Gasteiger partial charge in [-0.2, -0.15) is 0 Å². The van der Waals surface area contributed by atoms with E-state index in [0.717, 1.165) is 5.56 Å². The van der Waals surface area contributed by atoms with Crippen LogP contribution in [0.1, 0.15) is 12.5 Å². The van der Waals surface area contributed by atoms with Crippen LogP contribution < -0.4 is 20.1 Å². The Bertz CT molecular complexity index is 868. The van der Waals surface area contributed by atoms with Gasteiger partial charge >= 0.3 is 0 Å². The molecule has 2 aromatic carbocycles. The van der Waals surface area contributed by atoms with Crippen LogP contribution in [0.3, 0.4) is 0 Å². The quantitative estimate of drug-likeness (QED) is 0.823. The minimum absolute atomic E-state index is 0.324. The predicted molar refractivity (Wildman–Crippen MR) is 95.5 cm³/mol. The Hall–Kier alpha value is -2.73. The lowest BCUT2D eigenvalue weighted by molar-refractivity contribution is -0.143. The maximum atomic E-state index is 12.7. The van der Waals surface area contributed by atoms with Crippen molar-refractivity contribution >= 4 is 34.8 Å². The highest BCUT2D eigenvalue weighted by molar-refractivity contribution is 6.34. The van der Waals surface area contributed by atoms with Gasteiger partial charge in [-0.3, -0.25) is 9.59 Å². The fraction of sp³-hybridized carbons (Fsp3) is 0.222. The van der Waals surface area contributed by atoms with Gasteiger partial charge in [-0.15, -0.1) is 0 Å². The summed E-state index contributed by atoms with van der Waals surface area (Å²) in [6, 6.07) is 10.2. The molecular weight excluding hydrogens is 344 g/mol. The Kier molecular flexibility index (Phi) is 4.30. The van der Waals surface area contributed by atoms with E-state index in [1.165, 1.54) is 14.0 Å². The molecule has 6 nitrogen and oxygen atoms in total. The van der Waals surface area contributed by atoms with Crippen LogP contribution in [0.25, 0.3) is 0 Å². The first-order valence-corrected chi connectivity index (χ1v) is 7.97. The first-order valence-electron chi connectivity index (χ1n) is 7.59. The Labute approximate surface area is 150 Å². The summed E-state index contributed by atoms with van der Waals surface area (Å²) in [5, 5.41) is 5.67. The summed E-state index contributed by atoms with van der Waals surface area (Å²) in [6.45, 7) is 3.31. The Balaban J connectivity index is 1.89.